The summed E-state index contributed by atoms with van der Waals surface area (Å²) in [6, 6.07) is 15.8. The van der Waals surface area contributed by atoms with E-state index in [1.165, 1.54) is 0 Å². The number of likely N-dealkylation sites (tertiary alicyclic amines) is 1. The predicted octanol–water partition coefficient (Wildman–Crippen LogP) is 3.76. The van der Waals surface area contributed by atoms with Crippen molar-refractivity contribution < 1.29 is 9.53 Å². The lowest BCUT2D eigenvalue weighted by molar-refractivity contribution is 0.222. The van der Waals surface area contributed by atoms with Crippen LogP contribution in [0.1, 0.15) is 30.9 Å². The molecule has 1 unspecified atom stereocenters. The molecular formula is C24H33N5O2. The molecule has 2 aromatic rings. The van der Waals surface area contributed by atoms with E-state index < -0.39 is 0 Å². The molecule has 31 heavy (non-hydrogen) atoms. The van der Waals surface area contributed by atoms with Crippen LogP contribution in [-0.2, 0) is 6.54 Å². The average molecular weight is 424 g/mol. The monoisotopic (exact) mass is 423 g/mol. The quantitative estimate of drug-likeness (QED) is 0.468. The number of carbonyl (C=O) groups excluding carboxylic acids is 1. The smallest absolute Gasteiger partial charge is 0.321 e. The van der Waals surface area contributed by atoms with E-state index in [2.05, 4.69) is 20.9 Å². The van der Waals surface area contributed by atoms with Gasteiger partial charge in [0.1, 0.15) is 11.9 Å². The molecule has 0 saturated carbocycles. The molecule has 2 aromatic carbocycles. The Morgan fingerprint density at radius 1 is 1.13 bits per heavy atom. The lowest BCUT2D eigenvalue weighted by Crippen LogP contribution is -2.41. The topological polar surface area (TPSA) is 78.0 Å². The van der Waals surface area contributed by atoms with E-state index in [-0.39, 0.29) is 12.1 Å². The van der Waals surface area contributed by atoms with Gasteiger partial charge in [-0.3, -0.25) is 4.99 Å². The van der Waals surface area contributed by atoms with Crippen LogP contribution in [0.15, 0.2) is 53.5 Å². The number of anilines is 1. The van der Waals surface area contributed by atoms with Gasteiger partial charge in [-0.25, -0.2) is 4.79 Å². The summed E-state index contributed by atoms with van der Waals surface area (Å²) in [7, 11) is 1.74. The summed E-state index contributed by atoms with van der Waals surface area (Å²) in [5, 5.41) is 9.60. The normalized spacial score (nSPS) is 14.8. The number of rotatable bonds is 7. The summed E-state index contributed by atoms with van der Waals surface area (Å²) in [6.07, 6.45) is 2.15. The molecular weight excluding hydrogens is 390 g/mol. The van der Waals surface area contributed by atoms with Crippen LogP contribution in [0.25, 0.3) is 0 Å². The Kier molecular flexibility index (Phi) is 8.15. The molecule has 1 atom stereocenters. The largest absolute Gasteiger partial charge is 0.489 e. The average Bonchev–Trinajstić information content (AvgIpc) is 3.31. The number of para-hydroxylation sites is 1. The van der Waals surface area contributed by atoms with E-state index in [9.17, 15) is 4.79 Å². The van der Waals surface area contributed by atoms with Crippen molar-refractivity contribution in [3.63, 3.8) is 0 Å². The lowest BCUT2D eigenvalue weighted by Gasteiger charge is -2.19. The zero-order chi connectivity index (χ0) is 22.1. The molecule has 3 N–H and O–H groups in total. The second kappa shape index (κ2) is 11.2. The van der Waals surface area contributed by atoms with Crippen LogP contribution in [-0.4, -0.2) is 49.7 Å². The number of ether oxygens (including phenoxy) is 1. The summed E-state index contributed by atoms with van der Waals surface area (Å²) in [4.78, 5) is 18.4. The first-order valence-corrected chi connectivity index (χ1v) is 10.9. The Morgan fingerprint density at radius 3 is 2.65 bits per heavy atom. The molecule has 0 bridgehead atoms. The van der Waals surface area contributed by atoms with Gasteiger partial charge in [0.15, 0.2) is 5.96 Å². The van der Waals surface area contributed by atoms with Gasteiger partial charge in [-0.05, 0) is 56.0 Å². The highest BCUT2D eigenvalue weighted by Crippen LogP contribution is 2.17. The van der Waals surface area contributed by atoms with Crippen LogP contribution < -0.4 is 20.7 Å². The molecule has 0 spiro atoms. The molecule has 1 saturated heterocycles. The third-order valence-corrected chi connectivity index (χ3v) is 5.23. The SMILES string of the molecule is CN=C(NCc1cccc(NC(=O)N2CCCC2)c1)NCC(C)Oc1ccccc1C. The molecule has 2 amide bonds. The standard InChI is InChI=1S/C24H33N5O2/c1-18-9-4-5-12-22(18)31-19(2)16-26-23(25-3)27-17-20-10-8-11-21(15-20)28-24(30)29-13-6-7-14-29/h4-5,8-12,15,19H,6-7,13-14,16-17H2,1-3H3,(H,28,30)(H2,25,26,27). The fourth-order valence-electron chi connectivity index (χ4n) is 3.48. The minimum Gasteiger partial charge on any atom is -0.489 e. The van der Waals surface area contributed by atoms with Crippen molar-refractivity contribution in [3.05, 3.63) is 59.7 Å². The van der Waals surface area contributed by atoms with Crippen molar-refractivity contribution in [2.45, 2.75) is 39.3 Å². The van der Waals surface area contributed by atoms with Crippen LogP contribution in [0.3, 0.4) is 0 Å². The van der Waals surface area contributed by atoms with Crippen LogP contribution in [0.5, 0.6) is 5.75 Å². The van der Waals surface area contributed by atoms with Gasteiger partial charge in [-0.1, -0.05) is 30.3 Å². The third kappa shape index (κ3) is 6.91. The molecule has 0 aliphatic carbocycles. The van der Waals surface area contributed by atoms with Crippen LogP contribution in [0.4, 0.5) is 10.5 Å². The summed E-state index contributed by atoms with van der Waals surface area (Å²) in [5.41, 5.74) is 2.99. The number of hydrogen-bond donors (Lipinski definition) is 3. The second-order valence-corrected chi connectivity index (χ2v) is 7.83. The number of guanidine groups is 1. The highest BCUT2D eigenvalue weighted by atomic mass is 16.5. The first-order chi connectivity index (χ1) is 15.0. The molecule has 1 aliphatic rings. The first kappa shape index (κ1) is 22.5. The molecule has 0 aromatic heterocycles. The number of amides is 2. The number of urea groups is 1. The number of aryl methyl sites for hydroxylation is 1. The van der Waals surface area contributed by atoms with E-state index in [1.54, 1.807) is 7.05 Å². The van der Waals surface area contributed by atoms with Gasteiger partial charge in [0.25, 0.3) is 0 Å². The van der Waals surface area contributed by atoms with Crippen molar-refractivity contribution in [1.29, 1.82) is 0 Å². The zero-order valence-electron chi connectivity index (χ0n) is 18.6. The Balaban J connectivity index is 1.45. The number of nitrogens with zero attached hydrogens (tertiary/aromatic N) is 2. The van der Waals surface area contributed by atoms with Crippen molar-refractivity contribution >= 4 is 17.7 Å². The molecule has 1 fully saturated rings. The second-order valence-electron chi connectivity index (χ2n) is 7.83. The van der Waals surface area contributed by atoms with Crippen LogP contribution in [0.2, 0.25) is 0 Å². The van der Waals surface area contributed by atoms with E-state index >= 15 is 0 Å². The van der Waals surface area contributed by atoms with E-state index in [0.29, 0.717) is 19.0 Å². The third-order valence-electron chi connectivity index (χ3n) is 5.23. The minimum absolute atomic E-state index is 0.0104. The van der Waals surface area contributed by atoms with Crippen LogP contribution >= 0.6 is 0 Å². The van der Waals surface area contributed by atoms with Gasteiger partial charge in [-0.15, -0.1) is 0 Å². The predicted molar refractivity (Wildman–Crippen MR) is 126 cm³/mol. The van der Waals surface area contributed by atoms with Crippen molar-refractivity contribution in [2.75, 3.05) is 32.0 Å². The van der Waals surface area contributed by atoms with E-state index in [1.807, 2.05) is 67.3 Å². The fraction of sp³-hybridized carbons (Fsp3) is 0.417. The fourth-order valence-corrected chi connectivity index (χ4v) is 3.48. The number of aliphatic imine (C=N–C) groups is 1. The number of benzene rings is 2. The van der Waals surface area contributed by atoms with Gasteiger partial charge >= 0.3 is 6.03 Å². The van der Waals surface area contributed by atoms with Gasteiger partial charge in [0, 0.05) is 32.4 Å². The summed E-state index contributed by atoms with van der Waals surface area (Å²) >= 11 is 0. The highest BCUT2D eigenvalue weighted by Gasteiger charge is 2.17. The minimum atomic E-state index is -0.0253. The number of nitrogens with one attached hydrogen (secondary N) is 3. The Labute approximate surface area is 184 Å². The summed E-state index contributed by atoms with van der Waals surface area (Å²) < 4.78 is 6.01. The van der Waals surface area contributed by atoms with Gasteiger partial charge in [0.2, 0.25) is 0 Å². The molecule has 3 rings (SSSR count). The maximum atomic E-state index is 12.3. The Morgan fingerprint density at radius 2 is 1.90 bits per heavy atom. The highest BCUT2D eigenvalue weighted by molar-refractivity contribution is 5.89. The van der Waals surface area contributed by atoms with Crippen LogP contribution in [0, 0.1) is 6.92 Å². The molecule has 7 heteroatoms. The maximum Gasteiger partial charge on any atom is 0.321 e. The summed E-state index contributed by atoms with van der Waals surface area (Å²) in [5.74, 6) is 1.60. The van der Waals surface area contributed by atoms with E-state index in [4.69, 9.17) is 4.74 Å². The van der Waals surface area contributed by atoms with Crippen molar-refractivity contribution in [3.8, 4) is 5.75 Å². The number of hydrogen-bond acceptors (Lipinski definition) is 3. The van der Waals surface area contributed by atoms with Gasteiger partial charge in [0.05, 0.1) is 6.54 Å². The van der Waals surface area contributed by atoms with Crippen molar-refractivity contribution in [1.82, 2.24) is 15.5 Å². The molecule has 166 valence electrons. The molecule has 1 aliphatic heterocycles. The zero-order valence-corrected chi connectivity index (χ0v) is 18.6. The summed E-state index contributed by atoms with van der Waals surface area (Å²) in [6.45, 7) is 6.96. The first-order valence-electron chi connectivity index (χ1n) is 10.9. The molecule has 1 heterocycles. The lowest BCUT2D eigenvalue weighted by atomic mass is 10.2. The van der Waals surface area contributed by atoms with Crippen molar-refractivity contribution in [2.24, 2.45) is 4.99 Å². The molecule has 0 radical (unpaired) electrons. The number of carbonyl (C=O) groups is 1. The van der Waals surface area contributed by atoms with E-state index in [0.717, 1.165) is 48.5 Å². The van der Waals surface area contributed by atoms with Gasteiger partial charge in [-0.2, -0.15) is 0 Å². The maximum absolute atomic E-state index is 12.3. The van der Waals surface area contributed by atoms with Gasteiger partial charge < -0.3 is 25.6 Å². The Bertz CT molecular complexity index is 893. The molecule has 7 nitrogen and oxygen atoms in total. The Hall–Kier alpha value is -3.22.